The summed E-state index contributed by atoms with van der Waals surface area (Å²) in [5.74, 6) is 0.788. The Bertz CT molecular complexity index is 652. The molecule has 1 aromatic carbocycles. The van der Waals surface area contributed by atoms with Gasteiger partial charge in [0.25, 0.3) is 5.91 Å². The van der Waals surface area contributed by atoms with E-state index in [9.17, 15) is 4.79 Å². The summed E-state index contributed by atoms with van der Waals surface area (Å²) in [7, 11) is 1.67. The van der Waals surface area contributed by atoms with Crippen LogP contribution in [0.3, 0.4) is 0 Å². The molecule has 0 bridgehead atoms. The molecule has 0 saturated carbocycles. The summed E-state index contributed by atoms with van der Waals surface area (Å²) in [6.07, 6.45) is 3.24. The Morgan fingerprint density at radius 2 is 1.92 bits per heavy atom. The van der Waals surface area contributed by atoms with Crippen LogP contribution in [0, 0.1) is 0 Å². The largest absolute Gasteiger partial charge is 0.497 e. The summed E-state index contributed by atoms with van der Waals surface area (Å²) in [6.45, 7) is 4.27. The maximum atomic E-state index is 12.0. The summed E-state index contributed by atoms with van der Waals surface area (Å²) in [4.78, 5) is 20.6. The first-order valence-corrected chi connectivity index (χ1v) is 8.06. The molecule has 126 valence electrons. The minimum Gasteiger partial charge on any atom is -0.497 e. The quantitative estimate of drug-likeness (QED) is 0.904. The second kappa shape index (κ2) is 7.79. The van der Waals surface area contributed by atoms with E-state index in [-0.39, 0.29) is 5.91 Å². The molecule has 0 aliphatic carbocycles. The molecule has 1 aliphatic rings. The van der Waals surface area contributed by atoms with E-state index in [0.29, 0.717) is 12.2 Å². The van der Waals surface area contributed by atoms with Crippen LogP contribution in [0.5, 0.6) is 5.75 Å². The fourth-order valence-electron chi connectivity index (χ4n) is 2.74. The second-order valence-corrected chi connectivity index (χ2v) is 5.71. The normalized spacial score (nSPS) is 15.1. The molecule has 1 amide bonds. The van der Waals surface area contributed by atoms with Gasteiger partial charge >= 0.3 is 0 Å². The van der Waals surface area contributed by atoms with Gasteiger partial charge in [-0.2, -0.15) is 0 Å². The van der Waals surface area contributed by atoms with Crippen molar-refractivity contribution in [2.24, 2.45) is 0 Å². The highest BCUT2D eigenvalue weighted by atomic mass is 16.5. The van der Waals surface area contributed by atoms with Crippen molar-refractivity contribution in [3.8, 4) is 5.75 Å². The molecule has 0 spiro atoms. The fourth-order valence-corrected chi connectivity index (χ4v) is 2.74. The smallest absolute Gasteiger partial charge is 0.253 e. The first-order valence-electron chi connectivity index (χ1n) is 8.06. The van der Waals surface area contributed by atoms with Crippen LogP contribution in [0.4, 0.5) is 5.69 Å². The first-order chi connectivity index (χ1) is 11.8. The Labute approximate surface area is 142 Å². The summed E-state index contributed by atoms with van der Waals surface area (Å²) >= 11 is 0. The van der Waals surface area contributed by atoms with Gasteiger partial charge < -0.3 is 15.0 Å². The summed E-state index contributed by atoms with van der Waals surface area (Å²) < 4.78 is 5.19. The van der Waals surface area contributed by atoms with Crippen molar-refractivity contribution < 1.29 is 9.53 Å². The van der Waals surface area contributed by atoms with Gasteiger partial charge in [0.1, 0.15) is 5.75 Å². The van der Waals surface area contributed by atoms with Gasteiger partial charge in [0.2, 0.25) is 0 Å². The van der Waals surface area contributed by atoms with Crippen LogP contribution in [0.2, 0.25) is 0 Å². The van der Waals surface area contributed by atoms with Crippen molar-refractivity contribution >= 4 is 11.6 Å². The number of nitrogens with zero attached hydrogens (tertiary/aromatic N) is 3. The van der Waals surface area contributed by atoms with E-state index >= 15 is 0 Å². The third-order valence-electron chi connectivity index (χ3n) is 4.20. The number of aromatic nitrogens is 1. The lowest BCUT2D eigenvalue weighted by atomic mass is 10.2. The minimum atomic E-state index is -0.0827. The Morgan fingerprint density at radius 3 is 2.54 bits per heavy atom. The van der Waals surface area contributed by atoms with E-state index < -0.39 is 0 Å². The molecule has 2 aromatic rings. The number of hydrogen-bond donors (Lipinski definition) is 1. The van der Waals surface area contributed by atoms with E-state index in [1.165, 1.54) is 5.69 Å². The van der Waals surface area contributed by atoms with Gasteiger partial charge in [0.05, 0.1) is 19.3 Å². The van der Waals surface area contributed by atoms with E-state index in [0.717, 1.165) is 31.9 Å². The number of benzene rings is 1. The molecule has 0 radical (unpaired) electrons. The topological polar surface area (TPSA) is 57.7 Å². The third-order valence-corrected chi connectivity index (χ3v) is 4.20. The van der Waals surface area contributed by atoms with Gasteiger partial charge in [-0.25, -0.2) is 0 Å². The highest BCUT2D eigenvalue weighted by Crippen LogP contribution is 2.20. The zero-order chi connectivity index (χ0) is 16.8. The number of amides is 1. The number of pyridine rings is 1. The number of piperazine rings is 1. The minimum absolute atomic E-state index is 0.0827. The lowest BCUT2D eigenvalue weighted by Gasteiger charge is -2.36. The molecule has 0 unspecified atom stereocenters. The lowest BCUT2D eigenvalue weighted by Crippen LogP contribution is -2.50. The second-order valence-electron chi connectivity index (χ2n) is 5.71. The third kappa shape index (κ3) is 4.02. The number of anilines is 1. The number of carbonyl (C=O) groups excluding carboxylic acids is 1. The summed E-state index contributed by atoms with van der Waals surface area (Å²) in [6, 6.07) is 11.7. The molecule has 1 fully saturated rings. The van der Waals surface area contributed by atoms with E-state index in [2.05, 4.69) is 32.2 Å². The molecule has 1 saturated heterocycles. The SMILES string of the molecule is COc1ccc(N2CCN(CNC(=O)c3cccnc3)CC2)cc1. The Kier molecular flexibility index (Phi) is 5.28. The maximum absolute atomic E-state index is 12.0. The van der Waals surface area contributed by atoms with Gasteiger partial charge in [0, 0.05) is 44.3 Å². The Balaban J connectivity index is 1.46. The molecule has 1 aromatic heterocycles. The van der Waals surface area contributed by atoms with Gasteiger partial charge in [-0.15, -0.1) is 0 Å². The molecular weight excluding hydrogens is 304 g/mol. The molecule has 1 N–H and O–H groups in total. The highest BCUT2D eigenvalue weighted by Gasteiger charge is 2.17. The molecule has 0 atom stereocenters. The predicted molar refractivity (Wildman–Crippen MR) is 93.4 cm³/mol. The van der Waals surface area contributed by atoms with Gasteiger partial charge in [0.15, 0.2) is 0 Å². The van der Waals surface area contributed by atoms with Crippen LogP contribution in [0.15, 0.2) is 48.8 Å². The van der Waals surface area contributed by atoms with Gasteiger partial charge in [-0.1, -0.05) is 0 Å². The van der Waals surface area contributed by atoms with Crippen LogP contribution in [0.1, 0.15) is 10.4 Å². The van der Waals surface area contributed by atoms with E-state index in [4.69, 9.17) is 4.74 Å². The monoisotopic (exact) mass is 326 g/mol. The molecule has 6 nitrogen and oxygen atoms in total. The molecule has 6 heteroatoms. The fraction of sp³-hybridized carbons (Fsp3) is 0.333. The molecule has 24 heavy (non-hydrogen) atoms. The lowest BCUT2D eigenvalue weighted by molar-refractivity contribution is 0.0920. The van der Waals surface area contributed by atoms with Crippen LogP contribution in [-0.2, 0) is 0 Å². The number of methoxy groups -OCH3 is 1. The highest BCUT2D eigenvalue weighted by molar-refractivity contribution is 5.93. The average molecular weight is 326 g/mol. The Morgan fingerprint density at radius 1 is 1.17 bits per heavy atom. The van der Waals surface area contributed by atoms with Crippen molar-refractivity contribution in [3.63, 3.8) is 0 Å². The van der Waals surface area contributed by atoms with E-state index in [1.807, 2.05) is 12.1 Å². The Hall–Kier alpha value is -2.60. The van der Waals surface area contributed by atoms with Crippen molar-refractivity contribution in [1.29, 1.82) is 0 Å². The molecule has 2 heterocycles. The molecular formula is C18H22N4O2. The zero-order valence-electron chi connectivity index (χ0n) is 13.8. The number of nitrogens with one attached hydrogen (secondary N) is 1. The van der Waals surface area contributed by atoms with Gasteiger partial charge in [-0.3, -0.25) is 14.7 Å². The number of carbonyl (C=O) groups is 1. The van der Waals surface area contributed by atoms with Crippen molar-refractivity contribution in [2.75, 3.05) is 44.9 Å². The standard InChI is InChI=1S/C18H22N4O2/c1-24-17-6-4-16(5-7-17)22-11-9-21(10-12-22)14-20-18(23)15-3-2-8-19-13-15/h2-8,13H,9-12,14H2,1H3,(H,20,23). The number of rotatable bonds is 5. The molecule has 1 aliphatic heterocycles. The number of hydrogen-bond acceptors (Lipinski definition) is 5. The maximum Gasteiger partial charge on any atom is 0.253 e. The van der Waals surface area contributed by atoms with Crippen LogP contribution >= 0.6 is 0 Å². The average Bonchev–Trinajstić information content (AvgIpc) is 2.67. The number of ether oxygens (including phenoxy) is 1. The van der Waals surface area contributed by atoms with Crippen LogP contribution in [-0.4, -0.2) is 55.7 Å². The van der Waals surface area contributed by atoms with Crippen molar-refractivity contribution in [1.82, 2.24) is 15.2 Å². The van der Waals surface area contributed by atoms with Crippen molar-refractivity contribution in [3.05, 3.63) is 54.4 Å². The first kappa shape index (κ1) is 16.3. The summed E-state index contributed by atoms with van der Waals surface area (Å²) in [5.41, 5.74) is 1.80. The van der Waals surface area contributed by atoms with Crippen LogP contribution < -0.4 is 15.0 Å². The van der Waals surface area contributed by atoms with Gasteiger partial charge in [-0.05, 0) is 36.4 Å². The predicted octanol–water partition coefficient (Wildman–Crippen LogP) is 1.60. The zero-order valence-corrected chi connectivity index (χ0v) is 13.8. The van der Waals surface area contributed by atoms with Crippen molar-refractivity contribution in [2.45, 2.75) is 0 Å². The van der Waals surface area contributed by atoms with E-state index in [1.54, 1.807) is 31.6 Å². The van der Waals surface area contributed by atoms with Crippen LogP contribution in [0.25, 0.3) is 0 Å². The molecule has 3 rings (SSSR count). The summed E-state index contributed by atoms with van der Waals surface area (Å²) in [5, 5.41) is 2.95.